The van der Waals surface area contributed by atoms with Crippen molar-refractivity contribution in [2.75, 3.05) is 37.6 Å². The molecule has 4 atom stereocenters. The minimum absolute atomic E-state index is 0.0407. The number of amides is 3. The van der Waals surface area contributed by atoms with Crippen molar-refractivity contribution in [1.82, 2.24) is 20.3 Å². The van der Waals surface area contributed by atoms with E-state index in [0.29, 0.717) is 43.3 Å². The van der Waals surface area contributed by atoms with Crippen LogP contribution in [0.15, 0.2) is 34.9 Å². The maximum absolute atomic E-state index is 13.9. The van der Waals surface area contributed by atoms with Crippen LogP contribution in [0.5, 0.6) is 0 Å². The third-order valence-electron chi connectivity index (χ3n) is 7.77. The van der Waals surface area contributed by atoms with Crippen LogP contribution >= 0.6 is 0 Å². The van der Waals surface area contributed by atoms with Gasteiger partial charge in [-0.3, -0.25) is 9.59 Å². The van der Waals surface area contributed by atoms with Crippen LogP contribution in [0.3, 0.4) is 0 Å². The number of β-amino-alcohol motifs (C(OH)–C–C–N with tert-alkyl or cyclic N) is 1. The smallest absolute Gasteiger partial charge is 0.410 e. The molecule has 2 N–H and O–H groups in total. The van der Waals surface area contributed by atoms with Crippen molar-refractivity contribution < 1.29 is 28.8 Å². The molecular formula is C31H42N6O6. The molecule has 43 heavy (non-hydrogen) atoms. The van der Waals surface area contributed by atoms with Gasteiger partial charge in [-0.25, -0.2) is 4.79 Å². The van der Waals surface area contributed by atoms with Crippen LogP contribution in [0.4, 0.5) is 10.6 Å². The van der Waals surface area contributed by atoms with E-state index in [4.69, 9.17) is 14.5 Å². The zero-order valence-electron chi connectivity index (χ0n) is 25.7. The van der Waals surface area contributed by atoms with Crippen LogP contribution in [0.2, 0.25) is 0 Å². The molecule has 0 unspecified atom stereocenters. The number of nitrogens with zero attached hydrogens (tertiary/aromatic N) is 5. The molecule has 1 aromatic carbocycles. The number of aliphatic hydroxyl groups excluding tert-OH is 1. The summed E-state index contributed by atoms with van der Waals surface area (Å²) in [5, 5.41) is 26.7. The van der Waals surface area contributed by atoms with E-state index in [9.17, 15) is 19.5 Å². The summed E-state index contributed by atoms with van der Waals surface area (Å²) in [5.41, 5.74) is 0.781. The number of piperazine rings is 1. The van der Waals surface area contributed by atoms with Crippen molar-refractivity contribution in [2.24, 2.45) is 5.92 Å². The summed E-state index contributed by atoms with van der Waals surface area (Å²) >= 11 is 0. The molecule has 0 saturated carbocycles. The lowest BCUT2D eigenvalue weighted by atomic mass is 9.91. The average Bonchev–Trinajstić information content (AvgIpc) is 3.59. The summed E-state index contributed by atoms with van der Waals surface area (Å²) in [6, 6.07) is 9.56. The molecule has 1 aromatic heterocycles. The van der Waals surface area contributed by atoms with Crippen molar-refractivity contribution in [3.05, 3.63) is 47.2 Å². The van der Waals surface area contributed by atoms with Gasteiger partial charge in [0.15, 0.2) is 11.6 Å². The highest BCUT2D eigenvalue weighted by Crippen LogP contribution is 2.33. The zero-order valence-corrected chi connectivity index (χ0v) is 25.7. The number of rotatable bonds is 7. The van der Waals surface area contributed by atoms with Crippen LogP contribution in [0.25, 0.3) is 0 Å². The fraction of sp³-hybridized carbons (Fsp3) is 0.581. The topological polar surface area (TPSA) is 152 Å². The summed E-state index contributed by atoms with van der Waals surface area (Å²) in [5.74, 6) is -0.585. The number of carbonyl (C=O) groups is 3. The van der Waals surface area contributed by atoms with Gasteiger partial charge in [-0.15, -0.1) is 0 Å². The van der Waals surface area contributed by atoms with E-state index in [0.717, 1.165) is 5.56 Å². The van der Waals surface area contributed by atoms with Crippen molar-refractivity contribution in [2.45, 2.75) is 77.7 Å². The second-order valence-corrected chi connectivity index (χ2v) is 12.6. The predicted molar refractivity (Wildman–Crippen MR) is 158 cm³/mol. The Labute approximate surface area is 252 Å². The Morgan fingerprint density at radius 2 is 1.77 bits per heavy atom. The van der Waals surface area contributed by atoms with Gasteiger partial charge < -0.3 is 34.4 Å². The fourth-order valence-corrected chi connectivity index (χ4v) is 5.48. The summed E-state index contributed by atoms with van der Waals surface area (Å²) in [4.78, 5) is 44.8. The summed E-state index contributed by atoms with van der Waals surface area (Å²) in [6.45, 7) is 13.2. The number of likely N-dealkylation sites (tertiary alicyclic amines) is 1. The van der Waals surface area contributed by atoms with E-state index in [-0.39, 0.29) is 42.8 Å². The Hall–Kier alpha value is -4.11. The van der Waals surface area contributed by atoms with Crippen molar-refractivity contribution in [1.29, 1.82) is 5.26 Å². The number of benzene rings is 1. The van der Waals surface area contributed by atoms with Crippen LogP contribution in [-0.2, 0) is 14.3 Å². The molecule has 0 spiro atoms. The summed E-state index contributed by atoms with van der Waals surface area (Å²) in [6.07, 6.45) is -1.05. The SMILES string of the molecule is CC(C)[C@H](C(=O)N1C[C@H](O)C[C@H]1C(=O)N[C@@H](C)c1ccc(C#N)cc1)c1cc(N2CCN(C(=O)OC(C)(C)C)CC2)no1. The number of carbonyl (C=O) groups excluding carboxylic acids is 3. The van der Waals surface area contributed by atoms with Gasteiger partial charge in [0.05, 0.1) is 23.8 Å². The molecule has 232 valence electrons. The van der Waals surface area contributed by atoms with E-state index >= 15 is 0 Å². The normalized spacial score (nSPS) is 20.5. The van der Waals surface area contributed by atoms with E-state index in [2.05, 4.69) is 16.5 Å². The Morgan fingerprint density at radius 1 is 1.12 bits per heavy atom. The Balaban J connectivity index is 1.43. The lowest BCUT2D eigenvalue weighted by Gasteiger charge is -2.35. The van der Waals surface area contributed by atoms with Gasteiger partial charge >= 0.3 is 6.09 Å². The van der Waals surface area contributed by atoms with Gasteiger partial charge in [0.2, 0.25) is 11.8 Å². The van der Waals surface area contributed by atoms with Crippen LogP contribution < -0.4 is 10.2 Å². The lowest BCUT2D eigenvalue weighted by molar-refractivity contribution is -0.141. The maximum Gasteiger partial charge on any atom is 0.410 e. The minimum Gasteiger partial charge on any atom is -0.444 e. The molecule has 2 aromatic rings. The lowest BCUT2D eigenvalue weighted by Crippen LogP contribution is -2.50. The number of nitrogens with one attached hydrogen (secondary N) is 1. The van der Waals surface area contributed by atoms with E-state index in [1.807, 2.05) is 46.4 Å². The predicted octanol–water partition coefficient (Wildman–Crippen LogP) is 3.18. The number of hydrogen-bond acceptors (Lipinski definition) is 9. The van der Waals surface area contributed by atoms with Crippen molar-refractivity contribution in [3.63, 3.8) is 0 Å². The van der Waals surface area contributed by atoms with Crippen LogP contribution in [0, 0.1) is 17.2 Å². The molecule has 4 rings (SSSR count). The molecule has 2 saturated heterocycles. The van der Waals surface area contributed by atoms with Crippen molar-refractivity contribution in [3.8, 4) is 6.07 Å². The number of nitriles is 1. The molecule has 12 heteroatoms. The Bertz CT molecular complexity index is 1340. The molecule has 12 nitrogen and oxygen atoms in total. The quantitative estimate of drug-likeness (QED) is 0.492. The second-order valence-electron chi connectivity index (χ2n) is 12.6. The van der Waals surface area contributed by atoms with Crippen LogP contribution in [0.1, 0.15) is 76.8 Å². The standard InChI is InChI=1S/C31H42N6O6/c1-19(2)27(25-16-26(34-43-25)35-11-13-36(14-12-35)30(41)42-31(4,5)6)29(40)37-18-23(38)15-24(37)28(39)33-20(3)22-9-7-21(17-32)8-10-22/h7-10,16,19-20,23-24,27,38H,11-15,18H2,1-6H3,(H,33,39)/t20-,23+,24-,27-/m0/s1. The average molecular weight is 595 g/mol. The van der Waals surface area contributed by atoms with Gasteiger partial charge in [-0.2, -0.15) is 5.26 Å². The highest BCUT2D eigenvalue weighted by molar-refractivity contribution is 5.91. The molecular weight excluding hydrogens is 552 g/mol. The molecule has 2 aliphatic rings. The molecule has 3 heterocycles. The zero-order chi connectivity index (χ0) is 31.5. The maximum atomic E-state index is 13.9. The third kappa shape index (κ3) is 7.65. The van der Waals surface area contributed by atoms with Crippen LogP contribution in [-0.4, -0.2) is 88.4 Å². The molecule has 2 aliphatic heterocycles. The molecule has 3 amide bonds. The van der Waals surface area contributed by atoms with Gasteiger partial charge in [-0.1, -0.05) is 31.1 Å². The number of aliphatic hydroxyl groups is 1. The van der Waals surface area contributed by atoms with Crippen molar-refractivity contribution >= 4 is 23.7 Å². The van der Waals surface area contributed by atoms with Gasteiger partial charge in [0, 0.05) is 45.2 Å². The minimum atomic E-state index is -0.840. The first-order valence-electron chi connectivity index (χ1n) is 14.8. The van der Waals surface area contributed by atoms with Gasteiger partial charge in [0.25, 0.3) is 0 Å². The number of aromatic nitrogens is 1. The first-order valence-corrected chi connectivity index (χ1v) is 14.8. The first-order chi connectivity index (χ1) is 20.3. The number of ether oxygens (including phenoxy) is 1. The van der Waals surface area contributed by atoms with E-state index < -0.39 is 23.7 Å². The highest BCUT2D eigenvalue weighted by Gasteiger charge is 2.43. The third-order valence-corrected chi connectivity index (χ3v) is 7.77. The van der Waals surface area contributed by atoms with Gasteiger partial charge in [-0.05, 0) is 51.3 Å². The highest BCUT2D eigenvalue weighted by atomic mass is 16.6. The first kappa shape index (κ1) is 31.8. The fourth-order valence-electron chi connectivity index (χ4n) is 5.48. The monoisotopic (exact) mass is 594 g/mol. The molecule has 0 bridgehead atoms. The van der Waals surface area contributed by atoms with E-state index in [1.165, 1.54) is 4.90 Å². The molecule has 0 radical (unpaired) electrons. The number of anilines is 1. The molecule has 0 aliphatic carbocycles. The summed E-state index contributed by atoms with van der Waals surface area (Å²) in [7, 11) is 0. The Morgan fingerprint density at radius 3 is 2.35 bits per heavy atom. The van der Waals surface area contributed by atoms with E-state index in [1.54, 1.807) is 35.2 Å². The second kappa shape index (κ2) is 13.0. The number of hydrogen-bond donors (Lipinski definition) is 2. The Kier molecular flexibility index (Phi) is 9.65. The molecule has 2 fully saturated rings. The van der Waals surface area contributed by atoms with Gasteiger partial charge in [0.1, 0.15) is 17.6 Å². The summed E-state index contributed by atoms with van der Waals surface area (Å²) < 4.78 is 11.2. The largest absolute Gasteiger partial charge is 0.444 e.